The summed E-state index contributed by atoms with van der Waals surface area (Å²) < 4.78 is 0. The average Bonchev–Trinajstić information content (AvgIpc) is 2.26. The highest BCUT2D eigenvalue weighted by Crippen LogP contribution is 2.30. The highest BCUT2D eigenvalue weighted by molar-refractivity contribution is 8.00. The SMILES string of the molecule is CC(C)NC(=O)CSc1c(Cl)cccc1CN. The van der Waals surface area contributed by atoms with Crippen LogP contribution in [-0.2, 0) is 11.3 Å². The summed E-state index contributed by atoms with van der Waals surface area (Å²) in [7, 11) is 0. The highest BCUT2D eigenvalue weighted by Gasteiger charge is 2.10. The maximum atomic E-state index is 11.5. The predicted octanol–water partition coefficient (Wildman–Crippen LogP) is 2.42. The van der Waals surface area contributed by atoms with Crippen molar-refractivity contribution in [3.63, 3.8) is 0 Å². The number of nitrogens with one attached hydrogen (secondary N) is 1. The molecule has 0 aliphatic rings. The Bertz CT molecular complexity index is 396. The van der Waals surface area contributed by atoms with Gasteiger partial charge in [-0.1, -0.05) is 23.7 Å². The summed E-state index contributed by atoms with van der Waals surface area (Å²) in [6, 6.07) is 5.75. The lowest BCUT2D eigenvalue weighted by Gasteiger charge is -2.11. The summed E-state index contributed by atoms with van der Waals surface area (Å²) in [5.41, 5.74) is 6.61. The van der Waals surface area contributed by atoms with Gasteiger partial charge in [-0.05, 0) is 25.5 Å². The van der Waals surface area contributed by atoms with Crippen molar-refractivity contribution in [3.8, 4) is 0 Å². The molecule has 17 heavy (non-hydrogen) atoms. The molecule has 0 unspecified atom stereocenters. The van der Waals surface area contributed by atoms with Crippen molar-refractivity contribution in [2.75, 3.05) is 5.75 Å². The van der Waals surface area contributed by atoms with E-state index >= 15 is 0 Å². The van der Waals surface area contributed by atoms with E-state index in [1.165, 1.54) is 11.8 Å². The van der Waals surface area contributed by atoms with Crippen LogP contribution in [0.1, 0.15) is 19.4 Å². The first-order valence-electron chi connectivity index (χ1n) is 5.44. The van der Waals surface area contributed by atoms with E-state index in [0.29, 0.717) is 17.3 Å². The van der Waals surface area contributed by atoms with Crippen molar-refractivity contribution in [2.24, 2.45) is 5.73 Å². The van der Waals surface area contributed by atoms with Crippen molar-refractivity contribution in [2.45, 2.75) is 31.3 Å². The minimum Gasteiger partial charge on any atom is -0.353 e. The van der Waals surface area contributed by atoms with Crippen LogP contribution in [0.2, 0.25) is 5.02 Å². The molecule has 0 aliphatic carbocycles. The van der Waals surface area contributed by atoms with Gasteiger partial charge in [0.15, 0.2) is 0 Å². The fourth-order valence-electron chi connectivity index (χ4n) is 1.38. The number of amides is 1. The van der Waals surface area contributed by atoms with Crippen molar-refractivity contribution < 1.29 is 4.79 Å². The van der Waals surface area contributed by atoms with Gasteiger partial charge in [-0.25, -0.2) is 0 Å². The summed E-state index contributed by atoms with van der Waals surface area (Å²) >= 11 is 7.51. The van der Waals surface area contributed by atoms with Gasteiger partial charge in [0.25, 0.3) is 0 Å². The third-order valence-electron chi connectivity index (χ3n) is 2.07. The molecule has 0 heterocycles. The Balaban J connectivity index is 2.65. The van der Waals surface area contributed by atoms with Crippen LogP contribution in [0.4, 0.5) is 0 Å². The standard InChI is InChI=1S/C12H17ClN2OS/c1-8(2)15-11(16)7-17-12-9(6-14)4-3-5-10(12)13/h3-5,8H,6-7,14H2,1-2H3,(H,15,16). The largest absolute Gasteiger partial charge is 0.353 e. The molecule has 1 rings (SSSR count). The molecule has 0 spiro atoms. The molecule has 0 fully saturated rings. The van der Waals surface area contributed by atoms with Gasteiger partial charge in [-0.15, -0.1) is 11.8 Å². The second-order valence-electron chi connectivity index (χ2n) is 3.94. The van der Waals surface area contributed by atoms with Crippen molar-refractivity contribution >= 4 is 29.3 Å². The molecule has 5 heteroatoms. The summed E-state index contributed by atoms with van der Waals surface area (Å²) in [5.74, 6) is 0.363. The minimum atomic E-state index is 0.00731. The highest BCUT2D eigenvalue weighted by atomic mass is 35.5. The Morgan fingerprint density at radius 2 is 2.24 bits per heavy atom. The van der Waals surface area contributed by atoms with Crippen LogP contribution in [0.3, 0.4) is 0 Å². The first kappa shape index (κ1) is 14.4. The summed E-state index contributed by atoms with van der Waals surface area (Å²) in [6.45, 7) is 4.29. The number of carbonyl (C=O) groups is 1. The number of hydrogen-bond acceptors (Lipinski definition) is 3. The van der Waals surface area contributed by atoms with E-state index < -0.39 is 0 Å². The van der Waals surface area contributed by atoms with Gasteiger partial charge < -0.3 is 11.1 Å². The molecule has 3 nitrogen and oxygen atoms in total. The zero-order valence-electron chi connectivity index (χ0n) is 10.00. The molecule has 1 aromatic rings. The van der Waals surface area contributed by atoms with E-state index in [4.69, 9.17) is 17.3 Å². The molecule has 0 saturated heterocycles. The zero-order valence-corrected chi connectivity index (χ0v) is 11.6. The molecule has 1 aromatic carbocycles. The molecular weight excluding hydrogens is 256 g/mol. The van der Waals surface area contributed by atoms with E-state index in [0.717, 1.165) is 10.5 Å². The molecule has 0 bridgehead atoms. The van der Waals surface area contributed by atoms with E-state index in [2.05, 4.69) is 5.32 Å². The van der Waals surface area contributed by atoms with Gasteiger partial charge in [-0.3, -0.25) is 4.79 Å². The van der Waals surface area contributed by atoms with Crippen LogP contribution < -0.4 is 11.1 Å². The Hall–Kier alpha value is -0.710. The monoisotopic (exact) mass is 272 g/mol. The molecule has 0 saturated carbocycles. The molecule has 0 radical (unpaired) electrons. The van der Waals surface area contributed by atoms with E-state index in [1.807, 2.05) is 32.0 Å². The molecular formula is C12H17ClN2OS. The number of hydrogen-bond donors (Lipinski definition) is 2. The van der Waals surface area contributed by atoms with Gasteiger partial charge in [0.2, 0.25) is 5.91 Å². The maximum Gasteiger partial charge on any atom is 0.230 e. The molecule has 0 aliphatic heterocycles. The van der Waals surface area contributed by atoms with Crippen molar-refractivity contribution in [1.82, 2.24) is 5.32 Å². The second-order valence-corrected chi connectivity index (χ2v) is 5.34. The van der Waals surface area contributed by atoms with Gasteiger partial charge in [0.1, 0.15) is 0 Å². The molecule has 0 aromatic heterocycles. The Morgan fingerprint density at radius 3 is 2.82 bits per heavy atom. The van der Waals surface area contributed by atoms with Crippen molar-refractivity contribution in [1.29, 1.82) is 0 Å². The Morgan fingerprint density at radius 1 is 1.53 bits per heavy atom. The first-order valence-corrected chi connectivity index (χ1v) is 6.80. The van der Waals surface area contributed by atoms with Gasteiger partial charge in [-0.2, -0.15) is 0 Å². The third-order valence-corrected chi connectivity index (χ3v) is 3.67. The fraction of sp³-hybridized carbons (Fsp3) is 0.417. The summed E-state index contributed by atoms with van der Waals surface area (Å²) in [4.78, 5) is 12.4. The van der Waals surface area contributed by atoms with Gasteiger partial charge >= 0.3 is 0 Å². The number of nitrogens with two attached hydrogens (primary N) is 1. The smallest absolute Gasteiger partial charge is 0.230 e. The van der Waals surface area contributed by atoms with Gasteiger partial charge in [0, 0.05) is 17.5 Å². The van der Waals surface area contributed by atoms with Gasteiger partial charge in [0.05, 0.1) is 10.8 Å². The Kier molecular flexibility index (Phi) is 5.82. The topological polar surface area (TPSA) is 55.1 Å². The third kappa shape index (κ3) is 4.58. The molecule has 94 valence electrons. The number of benzene rings is 1. The predicted molar refractivity (Wildman–Crippen MR) is 73.3 cm³/mol. The minimum absolute atomic E-state index is 0.00731. The maximum absolute atomic E-state index is 11.5. The lowest BCUT2D eigenvalue weighted by molar-refractivity contribution is -0.119. The first-order chi connectivity index (χ1) is 8.04. The summed E-state index contributed by atoms with van der Waals surface area (Å²) in [5, 5.41) is 3.48. The van der Waals surface area contributed by atoms with Crippen LogP contribution in [0.25, 0.3) is 0 Å². The summed E-state index contributed by atoms with van der Waals surface area (Å²) in [6.07, 6.45) is 0. The zero-order chi connectivity index (χ0) is 12.8. The normalized spacial score (nSPS) is 10.6. The quantitative estimate of drug-likeness (QED) is 0.810. The fourth-order valence-corrected chi connectivity index (χ4v) is 2.64. The number of carbonyl (C=O) groups excluding carboxylic acids is 1. The van der Waals surface area contributed by atoms with Crippen LogP contribution in [-0.4, -0.2) is 17.7 Å². The van der Waals surface area contributed by atoms with Crippen LogP contribution in [0.5, 0.6) is 0 Å². The average molecular weight is 273 g/mol. The second kappa shape index (κ2) is 6.89. The number of halogens is 1. The number of rotatable bonds is 5. The van der Waals surface area contributed by atoms with Crippen LogP contribution in [0, 0.1) is 0 Å². The van der Waals surface area contributed by atoms with Crippen LogP contribution in [0.15, 0.2) is 23.1 Å². The lowest BCUT2D eigenvalue weighted by atomic mass is 10.2. The van der Waals surface area contributed by atoms with Crippen molar-refractivity contribution in [3.05, 3.63) is 28.8 Å². The van der Waals surface area contributed by atoms with E-state index in [9.17, 15) is 4.79 Å². The van der Waals surface area contributed by atoms with E-state index in [-0.39, 0.29) is 11.9 Å². The molecule has 0 atom stereocenters. The lowest BCUT2D eigenvalue weighted by Crippen LogP contribution is -2.31. The Labute approximate surface area is 111 Å². The number of thioether (sulfide) groups is 1. The van der Waals surface area contributed by atoms with E-state index in [1.54, 1.807) is 0 Å². The molecule has 3 N–H and O–H groups in total. The van der Waals surface area contributed by atoms with Crippen LogP contribution >= 0.6 is 23.4 Å². The molecule has 1 amide bonds.